The highest BCUT2D eigenvalue weighted by molar-refractivity contribution is 6.24. The fraction of sp³-hybridized carbons (Fsp3) is 0.500. The van der Waals surface area contributed by atoms with Crippen LogP contribution >= 0.6 is 0 Å². The van der Waals surface area contributed by atoms with Gasteiger partial charge in [-0.1, -0.05) is 39.8 Å². The molecule has 0 bridgehead atoms. The minimum atomic E-state index is -2.92. The van der Waals surface area contributed by atoms with Crippen molar-refractivity contribution in [1.29, 1.82) is 0 Å². The molecule has 0 spiro atoms. The van der Waals surface area contributed by atoms with Gasteiger partial charge in [0.05, 0.1) is 23.6 Å². The molecule has 1 amide bonds. The maximum absolute atomic E-state index is 13.9. The van der Waals surface area contributed by atoms with Gasteiger partial charge < -0.3 is 31.3 Å². The van der Waals surface area contributed by atoms with Crippen molar-refractivity contribution in [3.05, 3.63) is 45.7 Å². The van der Waals surface area contributed by atoms with Crippen LogP contribution in [0.5, 0.6) is 5.75 Å². The Bertz CT molecular complexity index is 1270. The summed E-state index contributed by atoms with van der Waals surface area (Å²) in [5.41, 5.74) is 1.54. The lowest BCUT2D eigenvalue weighted by Gasteiger charge is -2.53. The third-order valence-corrected chi connectivity index (χ3v) is 7.94. The van der Waals surface area contributed by atoms with E-state index >= 15 is 0 Å². The van der Waals surface area contributed by atoms with Gasteiger partial charge in [0.2, 0.25) is 5.78 Å². The van der Waals surface area contributed by atoms with Gasteiger partial charge in [-0.05, 0) is 31.0 Å². The first-order chi connectivity index (χ1) is 16.5. The van der Waals surface area contributed by atoms with E-state index in [2.05, 4.69) is 0 Å². The van der Waals surface area contributed by atoms with Gasteiger partial charge in [0, 0.05) is 17.1 Å². The average Bonchev–Trinajstić information content (AvgIpc) is 2.75. The first-order valence-corrected chi connectivity index (χ1v) is 11.7. The molecule has 194 valence electrons. The summed E-state index contributed by atoms with van der Waals surface area (Å²) in [5, 5.41) is 56.6. The first-order valence-electron chi connectivity index (χ1n) is 11.7. The molecule has 1 fully saturated rings. The van der Waals surface area contributed by atoms with Gasteiger partial charge in [-0.2, -0.15) is 0 Å². The van der Waals surface area contributed by atoms with Crippen molar-refractivity contribution in [1.82, 2.24) is 4.90 Å². The van der Waals surface area contributed by atoms with Gasteiger partial charge in [0.1, 0.15) is 22.8 Å². The minimum absolute atomic E-state index is 0.00147. The molecule has 7 N–H and O–H groups in total. The number of benzene rings is 1. The zero-order valence-corrected chi connectivity index (χ0v) is 21.0. The molecule has 4 rings (SSSR count). The number of Topliss-reactive ketones (excluding diaryl/α,β-unsaturated/α-hetero) is 2. The van der Waals surface area contributed by atoms with Crippen molar-refractivity contribution < 1.29 is 39.9 Å². The molecule has 1 aromatic rings. The number of primary amides is 1. The first kappa shape index (κ1) is 25.9. The Morgan fingerprint density at radius 1 is 1.11 bits per heavy atom. The van der Waals surface area contributed by atoms with Crippen molar-refractivity contribution >= 4 is 23.2 Å². The number of likely N-dealkylation sites (N-methyl/N-ethyl adjacent to an activating group) is 1. The second kappa shape index (κ2) is 7.89. The average molecular weight is 501 g/mol. The number of carbonyl (C=O) groups is 3. The molecular weight excluding hydrogens is 468 g/mol. The van der Waals surface area contributed by atoms with E-state index < -0.39 is 81.1 Å². The van der Waals surface area contributed by atoms with E-state index in [4.69, 9.17) is 5.73 Å². The molecule has 0 aliphatic heterocycles. The SMILES string of the molecule is C[C@@H]1c2ccc(C(C)(C)C)c(O)c2C(O)=C2C(=O)[C@@]3(O)C(O)=C(C(N)=O)C(=O)[C@H](N(C)C)[C@H]3[C@@H](O)[C@H]21. The summed E-state index contributed by atoms with van der Waals surface area (Å²) in [4.78, 5) is 40.5. The Hall–Kier alpha value is -3.21. The number of rotatable bonds is 2. The van der Waals surface area contributed by atoms with Crippen molar-refractivity contribution in [3.8, 4) is 5.75 Å². The van der Waals surface area contributed by atoms with Gasteiger partial charge >= 0.3 is 0 Å². The van der Waals surface area contributed by atoms with Crippen LogP contribution in [0.25, 0.3) is 5.76 Å². The Labute approximate surface area is 208 Å². The monoisotopic (exact) mass is 500 g/mol. The lowest BCUT2D eigenvalue weighted by molar-refractivity contribution is -0.169. The van der Waals surface area contributed by atoms with Crippen molar-refractivity contribution in [2.45, 2.75) is 56.8 Å². The Morgan fingerprint density at radius 2 is 1.69 bits per heavy atom. The molecule has 0 unspecified atom stereocenters. The molecule has 6 atom stereocenters. The predicted molar refractivity (Wildman–Crippen MR) is 129 cm³/mol. The van der Waals surface area contributed by atoms with E-state index in [0.717, 1.165) is 0 Å². The molecule has 36 heavy (non-hydrogen) atoms. The molecule has 0 aromatic heterocycles. The molecular formula is C26H32N2O8. The normalized spacial score (nSPS) is 32.4. The number of nitrogens with zero attached hydrogens (tertiary/aromatic N) is 1. The number of aliphatic hydroxyl groups is 4. The van der Waals surface area contributed by atoms with Crippen LogP contribution in [-0.2, 0) is 19.8 Å². The zero-order valence-electron chi connectivity index (χ0n) is 21.0. The van der Waals surface area contributed by atoms with E-state index in [0.29, 0.717) is 11.1 Å². The summed E-state index contributed by atoms with van der Waals surface area (Å²) in [6, 6.07) is 2.06. The molecule has 10 heteroatoms. The van der Waals surface area contributed by atoms with E-state index in [9.17, 15) is 39.9 Å². The van der Waals surface area contributed by atoms with Gasteiger partial charge in [0.25, 0.3) is 5.91 Å². The van der Waals surface area contributed by atoms with Crippen LogP contribution in [-0.4, -0.2) is 79.7 Å². The van der Waals surface area contributed by atoms with Gasteiger partial charge in [-0.3, -0.25) is 19.3 Å². The maximum Gasteiger partial charge on any atom is 0.255 e. The highest BCUT2D eigenvalue weighted by atomic mass is 16.4. The van der Waals surface area contributed by atoms with Crippen molar-refractivity contribution in [3.63, 3.8) is 0 Å². The van der Waals surface area contributed by atoms with Crippen LogP contribution in [0.2, 0.25) is 0 Å². The van der Waals surface area contributed by atoms with Crippen molar-refractivity contribution in [2.24, 2.45) is 17.6 Å². The van der Waals surface area contributed by atoms with E-state index in [1.165, 1.54) is 19.0 Å². The predicted octanol–water partition coefficient (Wildman–Crippen LogP) is 0.793. The Balaban J connectivity index is 2.07. The number of fused-ring (bicyclic) bond motifs is 3. The number of hydrogen-bond acceptors (Lipinski definition) is 9. The molecule has 3 aliphatic rings. The van der Waals surface area contributed by atoms with Crippen LogP contribution in [0.4, 0.5) is 0 Å². The van der Waals surface area contributed by atoms with Crippen molar-refractivity contribution in [2.75, 3.05) is 14.1 Å². The van der Waals surface area contributed by atoms with Crippen LogP contribution in [0, 0.1) is 11.8 Å². The lowest BCUT2D eigenvalue weighted by atomic mass is 9.54. The molecule has 0 saturated heterocycles. The topological polar surface area (TPSA) is 182 Å². The third-order valence-electron chi connectivity index (χ3n) is 7.94. The van der Waals surface area contributed by atoms with E-state index in [-0.39, 0.29) is 11.3 Å². The fourth-order valence-corrected chi connectivity index (χ4v) is 6.22. The van der Waals surface area contributed by atoms with Crippen LogP contribution in [0.3, 0.4) is 0 Å². The van der Waals surface area contributed by atoms with Gasteiger partial charge in [0.15, 0.2) is 11.4 Å². The zero-order chi connectivity index (χ0) is 27.2. The number of phenols is 1. The summed E-state index contributed by atoms with van der Waals surface area (Å²) in [7, 11) is 2.94. The second-order valence-electron chi connectivity index (χ2n) is 11.2. The molecule has 0 heterocycles. The van der Waals surface area contributed by atoms with Crippen LogP contribution < -0.4 is 5.73 Å². The number of hydrogen-bond donors (Lipinski definition) is 6. The fourth-order valence-electron chi connectivity index (χ4n) is 6.22. The highest BCUT2D eigenvalue weighted by Crippen LogP contribution is 2.56. The van der Waals surface area contributed by atoms with E-state index in [1.54, 1.807) is 19.1 Å². The summed E-state index contributed by atoms with van der Waals surface area (Å²) < 4.78 is 0. The maximum atomic E-state index is 13.9. The smallest absolute Gasteiger partial charge is 0.255 e. The lowest BCUT2D eigenvalue weighted by Crippen LogP contribution is -2.70. The Morgan fingerprint density at radius 3 is 2.19 bits per heavy atom. The third kappa shape index (κ3) is 3.11. The van der Waals surface area contributed by atoms with E-state index in [1.807, 2.05) is 20.8 Å². The number of aromatic hydroxyl groups is 1. The number of aliphatic hydroxyl groups excluding tert-OH is 3. The molecule has 10 nitrogen and oxygen atoms in total. The standard InChI is InChI=1S/C26H32N2O8/c1-9-10-7-8-11(25(2,3)4)18(29)13(10)19(30)14-12(9)20(31)16-17(28(5)6)21(32)15(24(27)35)23(34)26(16,36)22(14)33/h7-9,12,16-17,20,29-31,34,36H,1-6H3,(H2,27,35)/t9-,12+,16+,17-,20+,26-/m1/s1. The molecule has 3 aliphatic carbocycles. The number of phenolic OH excluding ortho intramolecular Hbond substituents is 1. The Kier molecular flexibility index (Phi) is 5.67. The molecule has 1 saturated carbocycles. The van der Waals surface area contributed by atoms with Crippen LogP contribution in [0.15, 0.2) is 29.0 Å². The summed E-state index contributed by atoms with van der Waals surface area (Å²) in [6.07, 6.45) is -1.61. The summed E-state index contributed by atoms with van der Waals surface area (Å²) in [5.74, 6) is -8.85. The number of ketones is 2. The number of carbonyl (C=O) groups excluding carboxylic acids is 3. The quantitative estimate of drug-likeness (QED) is 0.320. The number of amides is 1. The second-order valence-corrected chi connectivity index (χ2v) is 11.2. The van der Waals surface area contributed by atoms with Crippen LogP contribution in [0.1, 0.15) is 50.3 Å². The summed E-state index contributed by atoms with van der Waals surface area (Å²) in [6.45, 7) is 7.30. The molecule has 0 radical (unpaired) electrons. The molecule has 1 aromatic carbocycles. The largest absolute Gasteiger partial charge is 0.508 e. The summed E-state index contributed by atoms with van der Waals surface area (Å²) >= 11 is 0. The number of nitrogens with two attached hydrogens (primary N) is 1. The van der Waals surface area contributed by atoms with Gasteiger partial charge in [-0.25, -0.2) is 0 Å². The minimum Gasteiger partial charge on any atom is -0.508 e. The highest BCUT2D eigenvalue weighted by Gasteiger charge is 2.68. The van der Waals surface area contributed by atoms with Gasteiger partial charge in [-0.15, -0.1) is 0 Å².